The lowest BCUT2D eigenvalue weighted by Crippen LogP contribution is -2.31. The monoisotopic (exact) mass is 393 g/mol. The number of hydrogen-bond donors (Lipinski definition) is 1. The number of carbonyl (C=O) groups excluding carboxylic acids is 1. The fourth-order valence-corrected chi connectivity index (χ4v) is 3.00. The summed E-state index contributed by atoms with van der Waals surface area (Å²) in [6.45, 7) is 2.80. The van der Waals surface area contributed by atoms with E-state index in [0.717, 1.165) is 35.7 Å². The van der Waals surface area contributed by atoms with Crippen LogP contribution in [0.1, 0.15) is 47.6 Å². The summed E-state index contributed by atoms with van der Waals surface area (Å²) >= 11 is 0. The summed E-state index contributed by atoms with van der Waals surface area (Å²) in [5.41, 5.74) is 1.49. The van der Waals surface area contributed by atoms with E-state index in [2.05, 4.69) is 17.2 Å². The molecule has 0 aliphatic heterocycles. The molecule has 1 heterocycles. The van der Waals surface area contributed by atoms with E-state index in [9.17, 15) is 4.79 Å². The lowest BCUT2D eigenvalue weighted by molar-refractivity contribution is 0.0941. The Bertz CT molecular complexity index is 917. The maximum absolute atomic E-state index is 12.9. The van der Waals surface area contributed by atoms with Gasteiger partial charge in [-0.15, -0.1) is 0 Å². The average molecular weight is 393 g/mol. The minimum Gasteiger partial charge on any atom is -0.497 e. The van der Waals surface area contributed by atoms with Crippen molar-refractivity contribution in [2.45, 2.75) is 25.8 Å². The molecular weight excluding hydrogens is 366 g/mol. The molecule has 6 heteroatoms. The van der Waals surface area contributed by atoms with Crippen LogP contribution in [0.5, 0.6) is 11.5 Å². The van der Waals surface area contributed by atoms with E-state index >= 15 is 0 Å². The highest BCUT2D eigenvalue weighted by atomic mass is 16.5. The number of imidazole rings is 1. The summed E-state index contributed by atoms with van der Waals surface area (Å²) in [7, 11) is 3.54. The molecule has 0 fully saturated rings. The van der Waals surface area contributed by atoms with Gasteiger partial charge in [0.2, 0.25) is 0 Å². The molecule has 0 aliphatic carbocycles. The number of rotatable bonds is 9. The van der Waals surface area contributed by atoms with Gasteiger partial charge in [-0.2, -0.15) is 0 Å². The van der Waals surface area contributed by atoms with E-state index in [-0.39, 0.29) is 11.9 Å². The van der Waals surface area contributed by atoms with Gasteiger partial charge < -0.3 is 19.4 Å². The highest BCUT2D eigenvalue weighted by Crippen LogP contribution is 2.24. The van der Waals surface area contributed by atoms with E-state index < -0.39 is 0 Å². The van der Waals surface area contributed by atoms with Crippen molar-refractivity contribution in [1.82, 2.24) is 14.9 Å². The van der Waals surface area contributed by atoms with Gasteiger partial charge in [0.15, 0.2) is 0 Å². The first-order chi connectivity index (χ1) is 14.1. The number of nitrogens with one attached hydrogen (secondary N) is 1. The third-order valence-electron chi connectivity index (χ3n) is 4.72. The maximum Gasteiger partial charge on any atom is 0.252 e. The number of ether oxygens (including phenoxy) is 2. The van der Waals surface area contributed by atoms with E-state index in [1.807, 2.05) is 54.2 Å². The first-order valence-corrected chi connectivity index (χ1v) is 9.77. The fraction of sp³-hybridized carbons (Fsp3) is 0.304. The van der Waals surface area contributed by atoms with Gasteiger partial charge in [0.25, 0.3) is 5.91 Å². The molecule has 3 aromatic rings. The second-order valence-corrected chi connectivity index (χ2v) is 6.80. The van der Waals surface area contributed by atoms with Gasteiger partial charge in [0, 0.05) is 25.0 Å². The van der Waals surface area contributed by atoms with Gasteiger partial charge in [-0.25, -0.2) is 4.98 Å². The van der Waals surface area contributed by atoms with Crippen LogP contribution in [0, 0.1) is 0 Å². The summed E-state index contributed by atoms with van der Waals surface area (Å²) in [5.74, 6) is 2.11. The minimum atomic E-state index is -0.381. The Hall–Kier alpha value is -3.28. The number of aryl methyl sites for hydroxylation is 1. The Morgan fingerprint density at radius 2 is 1.79 bits per heavy atom. The SMILES string of the molecule is CCCCOc1ccc(C(=O)NC(c2ccc(OC)cc2)c2nccn2C)cc1. The molecule has 1 amide bonds. The van der Waals surface area contributed by atoms with Gasteiger partial charge in [-0.3, -0.25) is 4.79 Å². The normalized spacial score (nSPS) is 11.7. The number of benzene rings is 2. The van der Waals surface area contributed by atoms with Crippen molar-refractivity contribution in [3.05, 3.63) is 77.9 Å². The molecule has 1 N–H and O–H groups in total. The molecule has 0 radical (unpaired) electrons. The molecular formula is C23H27N3O3. The summed E-state index contributed by atoms with van der Waals surface area (Å²) < 4.78 is 12.8. The third kappa shape index (κ3) is 5.16. The molecule has 1 atom stereocenters. The molecule has 6 nitrogen and oxygen atoms in total. The maximum atomic E-state index is 12.9. The van der Waals surface area contributed by atoms with Crippen LogP contribution in [-0.2, 0) is 7.05 Å². The number of unbranched alkanes of at least 4 members (excludes halogenated alkanes) is 1. The highest BCUT2D eigenvalue weighted by molar-refractivity contribution is 5.94. The number of nitrogens with zero attached hydrogens (tertiary/aromatic N) is 2. The number of amides is 1. The predicted molar refractivity (Wildman–Crippen MR) is 112 cm³/mol. The minimum absolute atomic E-state index is 0.172. The standard InChI is InChI=1S/C23H27N3O3/c1-4-5-16-29-20-12-8-18(9-13-20)23(27)25-21(22-24-14-15-26(22)2)17-6-10-19(28-3)11-7-17/h6-15,21H,4-5,16H2,1-3H3,(H,25,27). The van der Waals surface area contributed by atoms with Crippen molar-refractivity contribution in [1.29, 1.82) is 0 Å². The zero-order chi connectivity index (χ0) is 20.6. The van der Waals surface area contributed by atoms with Gasteiger partial charge in [0.05, 0.1) is 13.7 Å². The largest absolute Gasteiger partial charge is 0.497 e. The first-order valence-electron chi connectivity index (χ1n) is 9.77. The molecule has 0 saturated carbocycles. The van der Waals surface area contributed by atoms with E-state index in [4.69, 9.17) is 9.47 Å². The zero-order valence-corrected chi connectivity index (χ0v) is 17.1. The number of aromatic nitrogens is 2. The zero-order valence-electron chi connectivity index (χ0n) is 17.1. The Balaban J connectivity index is 1.78. The molecule has 0 saturated heterocycles. The summed E-state index contributed by atoms with van der Waals surface area (Å²) in [6, 6.07) is 14.4. The Morgan fingerprint density at radius 3 is 2.38 bits per heavy atom. The molecule has 1 unspecified atom stereocenters. The van der Waals surface area contributed by atoms with Crippen molar-refractivity contribution < 1.29 is 14.3 Å². The second-order valence-electron chi connectivity index (χ2n) is 6.80. The molecule has 3 rings (SSSR count). The fourth-order valence-electron chi connectivity index (χ4n) is 3.00. The predicted octanol–water partition coefficient (Wildman–Crippen LogP) is 4.13. The lowest BCUT2D eigenvalue weighted by Gasteiger charge is -2.19. The Kier molecular flexibility index (Phi) is 6.89. The first kappa shape index (κ1) is 20.5. The smallest absolute Gasteiger partial charge is 0.252 e. The second kappa shape index (κ2) is 9.78. The van der Waals surface area contributed by atoms with Crippen LogP contribution in [0.2, 0.25) is 0 Å². The van der Waals surface area contributed by atoms with Crippen molar-refractivity contribution in [3.8, 4) is 11.5 Å². The summed E-state index contributed by atoms with van der Waals surface area (Å²) in [6.07, 6.45) is 5.68. The molecule has 29 heavy (non-hydrogen) atoms. The highest BCUT2D eigenvalue weighted by Gasteiger charge is 2.21. The van der Waals surface area contributed by atoms with E-state index in [1.165, 1.54) is 0 Å². The molecule has 0 aliphatic rings. The van der Waals surface area contributed by atoms with Crippen LogP contribution >= 0.6 is 0 Å². The van der Waals surface area contributed by atoms with Crippen molar-refractivity contribution in [2.75, 3.05) is 13.7 Å². The topological polar surface area (TPSA) is 65.4 Å². The van der Waals surface area contributed by atoms with Crippen LogP contribution in [-0.4, -0.2) is 29.2 Å². The van der Waals surface area contributed by atoms with E-state index in [1.54, 1.807) is 25.4 Å². The van der Waals surface area contributed by atoms with Gasteiger partial charge in [-0.05, 0) is 48.4 Å². The molecule has 2 aromatic carbocycles. The van der Waals surface area contributed by atoms with Gasteiger partial charge in [-0.1, -0.05) is 25.5 Å². The number of carbonyl (C=O) groups is 1. The van der Waals surface area contributed by atoms with Crippen molar-refractivity contribution in [2.24, 2.45) is 7.05 Å². The molecule has 0 spiro atoms. The Morgan fingerprint density at radius 1 is 1.10 bits per heavy atom. The molecule has 1 aromatic heterocycles. The lowest BCUT2D eigenvalue weighted by atomic mass is 10.0. The van der Waals surface area contributed by atoms with Crippen molar-refractivity contribution >= 4 is 5.91 Å². The number of methoxy groups -OCH3 is 1. The quantitative estimate of drug-likeness (QED) is 0.555. The van der Waals surface area contributed by atoms with Crippen molar-refractivity contribution in [3.63, 3.8) is 0 Å². The van der Waals surface area contributed by atoms with Gasteiger partial charge >= 0.3 is 0 Å². The summed E-state index contributed by atoms with van der Waals surface area (Å²) in [4.78, 5) is 17.4. The van der Waals surface area contributed by atoms with Gasteiger partial charge in [0.1, 0.15) is 23.4 Å². The van der Waals surface area contributed by atoms with E-state index in [0.29, 0.717) is 12.2 Å². The van der Waals surface area contributed by atoms with Crippen LogP contribution in [0.3, 0.4) is 0 Å². The van der Waals surface area contributed by atoms with Crippen LogP contribution in [0.4, 0.5) is 0 Å². The van der Waals surface area contributed by atoms with Crippen LogP contribution < -0.4 is 14.8 Å². The van der Waals surface area contributed by atoms with Crippen LogP contribution in [0.15, 0.2) is 60.9 Å². The number of hydrogen-bond acceptors (Lipinski definition) is 4. The summed E-state index contributed by atoms with van der Waals surface area (Å²) in [5, 5.41) is 3.10. The molecule has 152 valence electrons. The third-order valence-corrected chi connectivity index (χ3v) is 4.72. The Labute approximate surface area is 171 Å². The average Bonchev–Trinajstić information content (AvgIpc) is 3.18. The van der Waals surface area contributed by atoms with Crippen LogP contribution in [0.25, 0.3) is 0 Å². The molecule has 0 bridgehead atoms.